The topological polar surface area (TPSA) is 48.4 Å². The van der Waals surface area contributed by atoms with E-state index in [1.807, 2.05) is 0 Å². The second-order valence-electron chi connectivity index (χ2n) is 2.78. The van der Waals surface area contributed by atoms with Crippen molar-refractivity contribution in [1.82, 2.24) is 4.98 Å². The lowest BCUT2D eigenvalue weighted by molar-refractivity contribution is 0.0504. The van der Waals surface area contributed by atoms with E-state index in [4.69, 9.17) is 9.47 Å². The van der Waals surface area contributed by atoms with E-state index in [1.54, 1.807) is 6.92 Å². The van der Waals surface area contributed by atoms with Crippen LogP contribution in [0.25, 0.3) is 0 Å². The fourth-order valence-corrected chi connectivity index (χ4v) is 1.01. The number of carbonyl (C=O) groups excluding carboxylic acids is 1. The Hall–Kier alpha value is -1.72. The summed E-state index contributed by atoms with van der Waals surface area (Å²) < 4.78 is 33.3. The van der Waals surface area contributed by atoms with Gasteiger partial charge in [0.2, 0.25) is 5.88 Å². The molecule has 0 bridgehead atoms. The van der Waals surface area contributed by atoms with Crippen LogP contribution in [0.5, 0.6) is 5.88 Å². The lowest BCUT2D eigenvalue weighted by Crippen LogP contribution is -2.13. The largest absolute Gasteiger partial charge is 0.471 e. The first kappa shape index (κ1) is 12.4. The number of esters is 1. The summed E-state index contributed by atoms with van der Waals surface area (Å²) in [5, 5.41) is 0. The zero-order valence-electron chi connectivity index (χ0n) is 8.65. The normalized spacial score (nSPS) is 10.2. The molecular formula is C10H11F2NO3. The van der Waals surface area contributed by atoms with Crippen molar-refractivity contribution in [1.29, 1.82) is 0 Å². The molecule has 0 amide bonds. The number of carbonyl (C=O) groups is 1. The highest BCUT2D eigenvalue weighted by Crippen LogP contribution is 2.16. The summed E-state index contributed by atoms with van der Waals surface area (Å²) in [5.74, 6) is -0.777. The Morgan fingerprint density at radius 2 is 2.31 bits per heavy atom. The third-order valence-electron chi connectivity index (χ3n) is 1.61. The third-order valence-corrected chi connectivity index (χ3v) is 1.61. The summed E-state index contributed by atoms with van der Waals surface area (Å²) in [4.78, 5) is 15.1. The Morgan fingerprint density at radius 1 is 1.56 bits per heavy atom. The predicted molar refractivity (Wildman–Crippen MR) is 51.7 cm³/mol. The molecule has 0 spiro atoms. The molecule has 0 aliphatic heterocycles. The minimum absolute atomic E-state index is 0.0463. The van der Waals surface area contributed by atoms with Gasteiger partial charge in [0.05, 0.1) is 6.61 Å². The second kappa shape index (κ2) is 5.99. The van der Waals surface area contributed by atoms with Crippen LogP contribution in [0.2, 0.25) is 0 Å². The molecule has 0 aliphatic rings. The summed E-state index contributed by atoms with van der Waals surface area (Å²) >= 11 is 0. The first-order chi connectivity index (χ1) is 7.65. The SMILES string of the molecule is CCOC(=O)c1cccnc1OCC(F)F. The second-order valence-corrected chi connectivity index (χ2v) is 2.78. The number of ether oxygens (including phenoxy) is 2. The predicted octanol–water partition coefficient (Wildman–Crippen LogP) is 1.90. The molecule has 0 unspecified atom stereocenters. The van der Waals surface area contributed by atoms with Crippen LogP contribution in [0, 0.1) is 0 Å². The number of hydrogen-bond donors (Lipinski definition) is 0. The van der Waals surface area contributed by atoms with Crippen molar-refractivity contribution in [2.24, 2.45) is 0 Å². The summed E-state index contributed by atoms with van der Waals surface area (Å²) in [6.07, 6.45) is -1.26. The number of nitrogens with zero attached hydrogens (tertiary/aromatic N) is 1. The summed E-state index contributed by atoms with van der Waals surface area (Å²) in [7, 11) is 0. The number of aromatic nitrogens is 1. The standard InChI is InChI=1S/C10H11F2NO3/c1-2-15-10(14)7-4-3-5-13-9(7)16-6-8(11)12/h3-5,8H,2,6H2,1H3. The van der Waals surface area contributed by atoms with Crippen LogP contribution in [0.15, 0.2) is 18.3 Å². The van der Waals surface area contributed by atoms with E-state index in [-0.39, 0.29) is 18.1 Å². The Bertz CT molecular complexity index is 358. The van der Waals surface area contributed by atoms with Crippen LogP contribution in [-0.2, 0) is 4.74 Å². The number of halogens is 2. The van der Waals surface area contributed by atoms with Crippen molar-refractivity contribution in [3.8, 4) is 5.88 Å². The molecule has 16 heavy (non-hydrogen) atoms. The number of alkyl halides is 2. The van der Waals surface area contributed by atoms with Gasteiger partial charge in [-0.1, -0.05) is 0 Å². The van der Waals surface area contributed by atoms with Crippen LogP contribution in [-0.4, -0.2) is 30.6 Å². The fourth-order valence-electron chi connectivity index (χ4n) is 1.01. The van der Waals surface area contributed by atoms with Crippen molar-refractivity contribution in [2.45, 2.75) is 13.3 Å². The van der Waals surface area contributed by atoms with E-state index in [0.717, 1.165) is 0 Å². The van der Waals surface area contributed by atoms with Gasteiger partial charge in [0.1, 0.15) is 5.56 Å². The van der Waals surface area contributed by atoms with Crippen molar-refractivity contribution in [3.63, 3.8) is 0 Å². The Labute approximate surface area is 91.2 Å². The van der Waals surface area contributed by atoms with Gasteiger partial charge in [-0.25, -0.2) is 18.6 Å². The maximum Gasteiger partial charge on any atom is 0.343 e. The first-order valence-electron chi connectivity index (χ1n) is 4.68. The maximum atomic E-state index is 11.9. The summed E-state index contributed by atoms with van der Waals surface area (Å²) in [6.45, 7) is 1.04. The molecule has 0 radical (unpaired) electrons. The Kier molecular flexibility index (Phi) is 4.63. The molecule has 1 aromatic rings. The molecule has 88 valence electrons. The first-order valence-corrected chi connectivity index (χ1v) is 4.68. The van der Waals surface area contributed by atoms with Crippen LogP contribution in [0.1, 0.15) is 17.3 Å². The molecule has 1 aromatic heterocycles. The number of rotatable bonds is 5. The minimum atomic E-state index is -2.61. The van der Waals surface area contributed by atoms with E-state index >= 15 is 0 Å². The van der Waals surface area contributed by atoms with Gasteiger partial charge < -0.3 is 9.47 Å². The van der Waals surface area contributed by atoms with E-state index in [9.17, 15) is 13.6 Å². The number of pyridine rings is 1. The van der Waals surface area contributed by atoms with E-state index in [0.29, 0.717) is 0 Å². The third kappa shape index (κ3) is 3.45. The van der Waals surface area contributed by atoms with Gasteiger partial charge in [-0.15, -0.1) is 0 Å². The minimum Gasteiger partial charge on any atom is -0.471 e. The Balaban J connectivity index is 2.78. The van der Waals surface area contributed by atoms with Gasteiger partial charge in [-0.2, -0.15) is 0 Å². The quantitative estimate of drug-likeness (QED) is 0.726. The van der Waals surface area contributed by atoms with Gasteiger partial charge >= 0.3 is 5.97 Å². The molecule has 0 saturated carbocycles. The van der Waals surface area contributed by atoms with Crippen molar-refractivity contribution in [2.75, 3.05) is 13.2 Å². The summed E-state index contributed by atoms with van der Waals surface area (Å²) in [5.41, 5.74) is 0.0463. The van der Waals surface area contributed by atoms with Gasteiger partial charge in [-0.3, -0.25) is 0 Å². The molecule has 4 nitrogen and oxygen atoms in total. The van der Waals surface area contributed by atoms with Crippen LogP contribution >= 0.6 is 0 Å². The van der Waals surface area contributed by atoms with Gasteiger partial charge in [0.25, 0.3) is 6.43 Å². The van der Waals surface area contributed by atoms with Gasteiger partial charge in [-0.05, 0) is 19.1 Å². The van der Waals surface area contributed by atoms with Crippen LogP contribution in [0.4, 0.5) is 8.78 Å². The highest BCUT2D eigenvalue weighted by atomic mass is 19.3. The lowest BCUT2D eigenvalue weighted by Gasteiger charge is -2.08. The van der Waals surface area contributed by atoms with E-state index in [2.05, 4.69) is 4.98 Å². The van der Waals surface area contributed by atoms with Crippen molar-refractivity contribution < 1.29 is 23.0 Å². The summed E-state index contributed by atoms with van der Waals surface area (Å²) in [6, 6.07) is 2.91. The highest BCUT2D eigenvalue weighted by molar-refractivity contribution is 5.91. The average molecular weight is 231 g/mol. The molecule has 1 heterocycles. The molecule has 0 aliphatic carbocycles. The molecule has 6 heteroatoms. The van der Waals surface area contributed by atoms with Gasteiger partial charge in [0.15, 0.2) is 6.61 Å². The van der Waals surface area contributed by atoms with Crippen molar-refractivity contribution in [3.05, 3.63) is 23.9 Å². The average Bonchev–Trinajstić information content (AvgIpc) is 2.27. The molecule has 0 atom stereocenters. The molecule has 0 saturated heterocycles. The van der Waals surface area contributed by atoms with Gasteiger partial charge in [0, 0.05) is 6.20 Å². The molecule has 0 N–H and O–H groups in total. The van der Waals surface area contributed by atoms with Crippen LogP contribution < -0.4 is 4.74 Å². The number of hydrogen-bond acceptors (Lipinski definition) is 4. The maximum absolute atomic E-state index is 11.9. The molecule has 1 rings (SSSR count). The molecule has 0 fully saturated rings. The van der Waals surface area contributed by atoms with E-state index in [1.165, 1.54) is 18.3 Å². The molecular weight excluding hydrogens is 220 g/mol. The zero-order valence-corrected chi connectivity index (χ0v) is 8.65. The zero-order chi connectivity index (χ0) is 12.0. The van der Waals surface area contributed by atoms with Crippen molar-refractivity contribution >= 4 is 5.97 Å². The van der Waals surface area contributed by atoms with E-state index < -0.39 is 19.0 Å². The monoisotopic (exact) mass is 231 g/mol. The van der Waals surface area contributed by atoms with Crippen LogP contribution in [0.3, 0.4) is 0 Å². The fraction of sp³-hybridized carbons (Fsp3) is 0.400. The smallest absolute Gasteiger partial charge is 0.343 e. The Morgan fingerprint density at radius 3 is 2.94 bits per heavy atom. The molecule has 0 aromatic carbocycles. The highest BCUT2D eigenvalue weighted by Gasteiger charge is 2.15. The lowest BCUT2D eigenvalue weighted by atomic mass is 10.3.